The zero-order valence-electron chi connectivity index (χ0n) is 6.35. The van der Waals surface area contributed by atoms with Crippen LogP contribution in [0.4, 0.5) is 0 Å². The van der Waals surface area contributed by atoms with E-state index in [0.29, 0.717) is 4.73 Å². The molecule has 0 radical (unpaired) electrons. The Hall–Kier alpha value is -1.78. The second-order valence-corrected chi connectivity index (χ2v) is 2.09. The summed E-state index contributed by atoms with van der Waals surface area (Å²) in [6.45, 7) is 0. The Labute approximate surface area is 68.4 Å². The maximum atomic E-state index is 10.7. The van der Waals surface area contributed by atoms with Crippen molar-refractivity contribution in [2.75, 3.05) is 7.11 Å². The van der Waals surface area contributed by atoms with E-state index in [4.69, 9.17) is 9.84 Å². The van der Waals surface area contributed by atoms with Gasteiger partial charge in [0.15, 0.2) is 18.0 Å². The van der Waals surface area contributed by atoms with E-state index in [9.17, 15) is 10.0 Å². The highest BCUT2D eigenvalue weighted by Gasteiger charge is 2.13. The van der Waals surface area contributed by atoms with Gasteiger partial charge < -0.3 is 15.1 Å². The Bertz CT molecular complexity index is 310. The molecule has 1 N–H and O–H groups in total. The van der Waals surface area contributed by atoms with Crippen molar-refractivity contribution in [3.63, 3.8) is 0 Å². The van der Waals surface area contributed by atoms with Gasteiger partial charge in [0.2, 0.25) is 0 Å². The number of nitrogens with zero attached hydrogens (tertiary/aromatic N) is 1. The number of ether oxygens (including phenoxy) is 1. The van der Waals surface area contributed by atoms with Gasteiger partial charge in [0.1, 0.15) is 5.75 Å². The smallest absolute Gasteiger partial charge is 0.345 e. The normalized spacial score (nSPS) is 9.42. The maximum Gasteiger partial charge on any atom is 0.345 e. The summed E-state index contributed by atoms with van der Waals surface area (Å²) in [5.74, 6) is -1.01. The average molecular weight is 169 g/mol. The van der Waals surface area contributed by atoms with Gasteiger partial charge >= 0.3 is 5.97 Å². The summed E-state index contributed by atoms with van der Waals surface area (Å²) in [6.07, 6.45) is 2.12. The fourth-order valence-electron chi connectivity index (χ4n) is 0.803. The van der Waals surface area contributed by atoms with Crippen LogP contribution in [-0.4, -0.2) is 18.2 Å². The zero-order valence-corrected chi connectivity index (χ0v) is 6.35. The molecule has 1 rings (SSSR count). The summed E-state index contributed by atoms with van der Waals surface area (Å²) in [5.41, 5.74) is -0.144. The fourth-order valence-corrected chi connectivity index (χ4v) is 0.803. The van der Waals surface area contributed by atoms with E-state index in [1.165, 1.54) is 19.4 Å². The lowest BCUT2D eigenvalue weighted by Crippen LogP contribution is -2.26. The molecule has 0 unspecified atom stereocenters. The molecule has 0 amide bonds. The summed E-state index contributed by atoms with van der Waals surface area (Å²) in [6, 6.07) is 1.30. The van der Waals surface area contributed by atoms with Crippen molar-refractivity contribution in [3.8, 4) is 5.75 Å². The highest BCUT2D eigenvalue weighted by Crippen LogP contribution is 2.14. The van der Waals surface area contributed by atoms with Gasteiger partial charge in [0.05, 0.1) is 7.11 Å². The predicted molar refractivity (Wildman–Crippen MR) is 38.9 cm³/mol. The number of aromatic nitrogens is 1. The summed E-state index contributed by atoms with van der Waals surface area (Å²) in [4.78, 5) is 10.5. The van der Waals surface area contributed by atoms with E-state index in [0.717, 1.165) is 6.20 Å². The number of rotatable bonds is 2. The van der Waals surface area contributed by atoms with Crippen LogP contribution in [0, 0.1) is 5.21 Å². The lowest BCUT2D eigenvalue weighted by atomic mass is 10.2. The van der Waals surface area contributed by atoms with Crippen molar-refractivity contribution in [3.05, 3.63) is 29.2 Å². The highest BCUT2D eigenvalue weighted by molar-refractivity contribution is 5.90. The van der Waals surface area contributed by atoms with Crippen molar-refractivity contribution in [2.45, 2.75) is 0 Å². The maximum absolute atomic E-state index is 10.7. The minimum Gasteiger partial charge on any atom is -0.619 e. The molecule has 0 atom stereocenters. The fraction of sp³-hybridized carbons (Fsp3) is 0.143. The first kappa shape index (κ1) is 8.32. The van der Waals surface area contributed by atoms with Gasteiger partial charge in [-0.1, -0.05) is 0 Å². The molecule has 0 aromatic carbocycles. The molecule has 0 saturated heterocycles. The Morgan fingerprint density at radius 1 is 1.75 bits per heavy atom. The molecule has 0 fully saturated rings. The number of hydrogen-bond donors (Lipinski definition) is 1. The lowest BCUT2D eigenvalue weighted by molar-refractivity contribution is -0.605. The number of hydrogen-bond acceptors (Lipinski definition) is 3. The Morgan fingerprint density at radius 2 is 2.42 bits per heavy atom. The molecule has 0 bridgehead atoms. The van der Waals surface area contributed by atoms with Crippen LogP contribution in [0.25, 0.3) is 0 Å². The van der Waals surface area contributed by atoms with E-state index in [2.05, 4.69) is 0 Å². The number of methoxy groups -OCH3 is 1. The molecule has 1 aromatic rings. The molecular weight excluding hydrogens is 162 g/mol. The molecule has 1 aromatic heterocycles. The third-order valence-electron chi connectivity index (χ3n) is 1.34. The van der Waals surface area contributed by atoms with Gasteiger partial charge in [0.25, 0.3) is 0 Å². The second-order valence-electron chi connectivity index (χ2n) is 2.09. The number of aromatic carboxylic acids is 1. The molecular formula is C7H7NO4. The molecule has 0 aliphatic heterocycles. The number of pyridine rings is 1. The van der Waals surface area contributed by atoms with E-state index < -0.39 is 5.97 Å². The van der Waals surface area contributed by atoms with Crippen LogP contribution in [0.1, 0.15) is 10.4 Å². The minimum atomic E-state index is -1.18. The largest absolute Gasteiger partial charge is 0.619 e. The van der Waals surface area contributed by atoms with Crippen LogP contribution in [0.3, 0.4) is 0 Å². The van der Waals surface area contributed by atoms with Gasteiger partial charge in [-0.2, -0.15) is 4.73 Å². The Morgan fingerprint density at radius 3 is 2.92 bits per heavy atom. The first-order valence-electron chi connectivity index (χ1n) is 3.15. The SMILES string of the molecule is COc1cc[n+]([O-])cc1C(=O)O. The lowest BCUT2D eigenvalue weighted by Gasteiger charge is -2.02. The molecule has 0 aliphatic rings. The number of carboxylic acids is 1. The topological polar surface area (TPSA) is 73.5 Å². The third-order valence-corrected chi connectivity index (χ3v) is 1.34. The monoisotopic (exact) mass is 169 g/mol. The van der Waals surface area contributed by atoms with Gasteiger partial charge in [-0.3, -0.25) is 0 Å². The van der Waals surface area contributed by atoms with Crippen LogP contribution in [0.2, 0.25) is 0 Å². The van der Waals surface area contributed by atoms with Crippen molar-refractivity contribution in [2.24, 2.45) is 0 Å². The van der Waals surface area contributed by atoms with E-state index >= 15 is 0 Å². The van der Waals surface area contributed by atoms with Crippen molar-refractivity contribution in [1.82, 2.24) is 0 Å². The third kappa shape index (κ3) is 1.45. The van der Waals surface area contributed by atoms with Crippen LogP contribution < -0.4 is 9.47 Å². The van der Waals surface area contributed by atoms with E-state index in [-0.39, 0.29) is 11.3 Å². The molecule has 5 nitrogen and oxygen atoms in total. The standard InChI is InChI=1S/C7H7NO4/c1-12-6-2-3-8(11)4-5(6)7(9)10/h2-4H,1H3,(H,9,10). The zero-order chi connectivity index (χ0) is 9.14. The molecule has 0 saturated carbocycles. The van der Waals surface area contributed by atoms with E-state index in [1.807, 2.05) is 0 Å². The second kappa shape index (κ2) is 3.08. The summed E-state index contributed by atoms with van der Waals surface area (Å²) in [5, 5.41) is 19.2. The van der Waals surface area contributed by atoms with E-state index in [1.54, 1.807) is 0 Å². The van der Waals surface area contributed by atoms with Crippen molar-refractivity contribution >= 4 is 5.97 Å². The Kier molecular flexibility index (Phi) is 2.14. The number of carboxylic acid groups (broad SMARTS) is 1. The predicted octanol–water partition coefficient (Wildman–Crippen LogP) is 0.0268. The van der Waals surface area contributed by atoms with Crippen molar-refractivity contribution < 1.29 is 19.4 Å². The number of carbonyl (C=O) groups is 1. The summed E-state index contributed by atoms with van der Waals surface area (Å²) >= 11 is 0. The van der Waals surface area contributed by atoms with Crippen molar-refractivity contribution in [1.29, 1.82) is 0 Å². The van der Waals surface area contributed by atoms with Crippen LogP contribution in [0.15, 0.2) is 18.5 Å². The molecule has 0 spiro atoms. The Balaban J connectivity index is 3.21. The highest BCUT2D eigenvalue weighted by atomic mass is 16.5. The quantitative estimate of drug-likeness (QED) is 0.500. The molecule has 1 heterocycles. The van der Waals surface area contributed by atoms with Gasteiger partial charge in [-0.05, 0) is 0 Å². The van der Waals surface area contributed by atoms with Gasteiger partial charge in [-0.25, -0.2) is 4.79 Å². The molecule has 64 valence electrons. The molecule has 0 aliphatic carbocycles. The van der Waals surface area contributed by atoms with Gasteiger partial charge in [0, 0.05) is 6.07 Å². The van der Waals surface area contributed by atoms with Crippen LogP contribution >= 0.6 is 0 Å². The minimum absolute atomic E-state index is 0.144. The first-order valence-corrected chi connectivity index (χ1v) is 3.15. The summed E-state index contributed by atoms with van der Waals surface area (Å²) < 4.78 is 5.14. The molecule has 5 heteroatoms. The van der Waals surface area contributed by atoms with Crippen LogP contribution in [-0.2, 0) is 0 Å². The average Bonchev–Trinajstić information content (AvgIpc) is 2.04. The summed E-state index contributed by atoms with van der Waals surface area (Å²) in [7, 11) is 1.34. The van der Waals surface area contributed by atoms with Gasteiger partial charge in [-0.15, -0.1) is 0 Å². The first-order chi connectivity index (χ1) is 5.65. The van der Waals surface area contributed by atoms with Crippen LogP contribution in [0.5, 0.6) is 5.75 Å². The molecule has 12 heavy (non-hydrogen) atoms.